The first kappa shape index (κ1) is 15.6. The number of nitrogens with one attached hydrogen (secondary N) is 1. The molecule has 1 aromatic heterocycles. The largest absolute Gasteiger partial charge is 0.494 e. The number of hydrogen-bond acceptors (Lipinski definition) is 5. The van der Waals surface area contributed by atoms with E-state index >= 15 is 0 Å². The van der Waals surface area contributed by atoms with Crippen LogP contribution in [0.4, 0.5) is 5.69 Å². The third kappa shape index (κ3) is 2.23. The van der Waals surface area contributed by atoms with Gasteiger partial charge in [0.25, 0.3) is 5.56 Å². The van der Waals surface area contributed by atoms with Gasteiger partial charge in [-0.3, -0.25) is 9.78 Å². The highest BCUT2D eigenvalue weighted by molar-refractivity contribution is 6.05. The standard InChI is InChI=1S/C21H16N4O2/c1-25(2)12-7-8-13-11(9-12)10-14-17(18(13)21(27)24-20(14)26)19-22-15-5-3-4-6-16(15)23-19/h3-10H,1-2H3,(H2,24,26,27). The minimum Gasteiger partial charge on any atom is -0.494 e. The highest BCUT2D eigenvalue weighted by atomic mass is 16.3. The van der Waals surface area contributed by atoms with Crippen molar-refractivity contribution < 1.29 is 5.11 Å². The summed E-state index contributed by atoms with van der Waals surface area (Å²) in [5, 5.41) is 15.2. The molecule has 6 nitrogen and oxygen atoms in total. The second-order valence-electron chi connectivity index (χ2n) is 6.81. The van der Waals surface area contributed by atoms with E-state index in [1.54, 1.807) is 0 Å². The van der Waals surface area contributed by atoms with E-state index in [0.717, 1.165) is 27.2 Å². The molecular weight excluding hydrogens is 340 g/mol. The number of anilines is 1. The van der Waals surface area contributed by atoms with E-state index in [9.17, 15) is 9.90 Å². The van der Waals surface area contributed by atoms with E-state index in [2.05, 4.69) is 15.0 Å². The molecule has 0 saturated heterocycles. The van der Waals surface area contributed by atoms with Crippen molar-refractivity contribution in [2.24, 2.45) is 9.98 Å². The molecule has 0 fully saturated rings. The Bertz CT molecular complexity index is 1450. The Morgan fingerprint density at radius 3 is 2.33 bits per heavy atom. The zero-order chi connectivity index (χ0) is 18.7. The molecule has 0 aliphatic carbocycles. The van der Waals surface area contributed by atoms with Gasteiger partial charge in [0.1, 0.15) is 0 Å². The van der Waals surface area contributed by atoms with E-state index in [1.807, 2.05) is 67.5 Å². The van der Waals surface area contributed by atoms with Gasteiger partial charge in [-0.15, -0.1) is 0 Å². The molecule has 4 aromatic rings. The molecule has 1 aliphatic rings. The summed E-state index contributed by atoms with van der Waals surface area (Å²) in [5.41, 5.74) is 0.662. The maximum atomic E-state index is 12.8. The maximum Gasteiger partial charge on any atom is 0.259 e. The molecule has 2 N–H and O–H groups in total. The van der Waals surface area contributed by atoms with E-state index in [0.29, 0.717) is 21.8 Å². The van der Waals surface area contributed by atoms with Crippen LogP contribution in [-0.2, 0) is 0 Å². The van der Waals surface area contributed by atoms with Crippen molar-refractivity contribution in [3.8, 4) is 5.88 Å². The van der Waals surface area contributed by atoms with Crippen LogP contribution < -0.4 is 26.4 Å². The summed E-state index contributed by atoms with van der Waals surface area (Å²) in [6.07, 6.45) is 0. The Hall–Kier alpha value is -3.67. The predicted molar refractivity (Wildman–Crippen MR) is 105 cm³/mol. The average Bonchev–Trinajstić information content (AvgIpc) is 3.08. The smallest absolute Gasteiger partial charge is 0.259 e. The number of aromatic hydroxyl groups is 1. The fourth-order valence-electron chi connectivity index (χ4n) is 3.58. The summed E-state index contributed by atoms with van der Waals surface area (Å²) in [4.78, 5) is 26.4. The molecule has 132 valence electrons. The molecule has 27 heavy (non-hydrogen) atoms. The van der Waals surface area contributed by atoms with Crippen LogP contribution in [0.25, 0.3) is 27.4 Å². The number of H-pyrrole nitrogens is 1. The molecule has 2 heterocycles. The summed E-state index contributed by atoms with van der Waals surface area (Å²) in [7, 11) is 3.92. The molecule has 0 spiro atoms. The van der Waals surface area contributed by atoms with Crippen molar-refractivity contribution in [1.29, 1.82) is 0 Å². The lowest BCUT2D eigenvalue weighted by Gasteiger charge is -2.14. The first-order valence-electron chi connectivity index (χ1n) is 8.58. The lowest BCUT2D eigenvalue weighted by molar-refractivity contribution is 0.458. The van der Waals surface area contributed by atoms with Crippen molar-refractivity contribution in [2.45, 2.75) is 0 Å². The highest BCUT2D eigenvalue weighted by Gasteiger charge is 2.16. The molecule has 0 amide bonds. The van der Waals surface area contributed by atoms with Crippen LogP contribution in [0.2, 0.25) is 0 Å². The average molecular weight is 356 g/mol. The van der Waals surface area contributed by atoms with E-state index < -0.39 is 0 Å². The third-order valence-corrected chi connectivity index (χ3v) is 4.91. The summed E-state index contributed by atoms with van der Waals surface area (Å²) >= 11 is 0. The van der Waals surface area contributed by atoms with Crippen molar-refractivity contribution in [1.82, 2.24) is 4.98 Å². The topological polar surface area (TPSA) is 81.0 Å². The Labute approximate surface area is 153 Å². The second kappa shape index (κ2) is 5.41. The van der Waals surface area contributed by atoms with Gasteiger partial charge >= 0.3 is 0 Å². The van der Waals surface area contributed by atoms with E-state index in [4.69, 9.17) is 0 Å². The molecular formula is C21H16N4O2. The Morgan fingerprint density at radius 2 is 1.67 bits per heavy atom. The second-order valence-corrected chi connectivity index (χ2v) is 6.81. The SMILES string of the molecule is CN(C)c1ccc2c(c1)cc1c(O)[nH]c(=O)c2c1=C1N=c2ccccc2=N1. The van der Waals surface area contributed by atoms with Crippen LogP contribution in [0.1, 0.15) is 0 Å². The van der Waals surface area contributed by atoms with Gasteiger partial charge in [0.15, 0.2) is 11.7 Å². The lowest BCUT2D eigenvalue weighted by Crippen LogP contribution is -2.21. The van der Waals surface area contributed by atoms with Crippen molar-refractivity contribution in [2.75, 3.05) is 19.0 Å². The van der Waals surface area contributed by atoms with Crippen LogP contribution in [0.3, 0.4) is 0 Å². The molecule has 3 aromatic carbocycles. The summed E-state index contributed by atoms with van der Waals surface area (Å²) in [6.45, 7) is 0. The summed E-state index contributed by atoms with van der Waals surface area (Å²) < 4.78 is 0. The number of fused-ring (bicyclic) bond motifs is 5. The highest BCUT2D eigenvalue weighted by Crippen LogP contribution is 2.26. The molecule has 0 atom stereocenters. The van der Waals surface area contributed by atoms with Crippen molar-refractivity contribution in [3.05, 3.63) is 74.8 Å². The molecule has 0 saturated carbocycles. The third-order valence-electron chi connectivity index (χ3n) is 4.91. The first-order chi connectivity index (χ1) is 13.0. The van der Waals surface area contributed by atoms with Gasteiger partial charge in [-0.05, 0) is 41.1 Å². The first-order valence-corrected chi connectivity index (χ1v) is 8.58. The number of hydrogen-bond donors (Lipinski definition) is 2. The normalized spacial score (nSPS) is 12.9. The molecule has 2 bridgehead atoms. The van der Waals surface area contributed by atoms with Crippen LogP contribution >= 0.6 is 0 Å². The van der Waals surface area contributed by atoms with Crippen LogP contribution in [0, 0.1) is 0 Å². The minimum absolute atomic E-state index is 0.173. The Kier molecular flexibility index (Phi) is 3.12. The monoisotopic (exact) mass is 356 g/mol. The molecule has 0 unspecified atom stereocenters. The quantitative estimate of drug-likeness (QED) is 0.538. The fraction of sp³-hybridized carbons (Fsp3) is 0.0952. The summed E-state index contributed by atoms with van der Waals surface area (Å²) in [6, 6.07) is 15.3. The van der Waals surface area contributed by atoms with E-state index in [1.165, 1.54) is 0 Å². The number of benzene rings is 3. The molecule has 6 heteroatoms. The van der Waals surface area contributed by atoms with Crippen molar-refractivity contribution in [3.63, 3.8) is 0 Å². The number of pyridine rings is 1. The van der Waals surface area contributed by atoms with Crippen LogP contribution in [0.15, 0.2) is 63.3 Å². The zero-order valence-electron chi connectivity index (χ0n) is 14.8. The van der Waals surface area contributed by atoms with Gasteiger partial charge in [0.2, 0.25) is 0 Å². The van der Waals surface area contributed by atoms with Gasteiger partial charge in [-0.2, -0.15) is 0 Å². The number of rotatable bonds is 1. The van der Waals surface area contributed by atoms with Gasteiger partial charge in [-0.1, -0.05) is 18.2 Å². The fourth-order valence-corrected chi connectivity index (χ4v) is 3.58. The minimum atomic E-state index is -0.355. The van der Waals surface area contributed by atoms with Gasteiger partial charge in [-0.25, -0.2) is 9.98 Å². The summed E-state index contributed by atoms with van der Waals surface area (Å²) in [5.74, 6) is 0.273. The maximum absolute atomic E-state index is 12.8. The number of para-hydroxylation sites is 2. The number of aromatic amines is 1. The van der Waals surface area contributed by atoms with Crippen molar-refractivity contribution >= 4 is 33.1 Å². The van der Waals surface area contributed by atoms with Gasteiger partial charge < -0.3 is 10.0 Å². The van der Waals surface area contributed by atoms with Gasteiger partial charge in [0, 0.05) is 30.4 Å². The van der Waals surface area contributed by atoms with Gasteiger partial charge in [0.05, 0.1) is 16.1 Å². The zero-order valence-corrected chi connectivity index (χ0v) is 14.8. The lowest BCUT2D eigenvalue weighted by atomic mass is 10.0. The predicted octanol–water partition coefficient (Wildman–Crippen LogP) is 1.19. The number of nitrogens with zero attached hydrogens (tertiary/aromatic N) is 3. The Balaban J connectivity index is 2.02. The van der Waals surface area contributed by atoms with E-state index in [-0.39, 0.29) is 11.4 Å². The Morgan fingerprint density at radius 1 is 0.963 bits per heavy atom. The number of aromatic nitrogens is 1. The van der Waals surface area contributed by atoms with Crippen LogP contribution in [0.5, 0.6) is 5.88 Å². The molecule has 5 rings (SSSR count). The van der Waals surface area contributed by atoms with Crippen LogP contribution in [-0.4, -0.2) is 24.2 Å². The molecule has 0 radical (unpaired) electrons. The molecule has 1 aliphatic heterocycles.